The van der Waals surface area contributed by atoms with E-state index < -0.39 is 0 Å². The van der Waals surface area contributed by atoms with Crippen molar-refractivity contribution in [2.45, 2.75) is 6.92 Å². The number of benzene rings is 1. The van der Waals surface area contributed by atoms with Gasteiger partial charge in [-0.3, -0.25) is 4.79 Å². The normalized spacial score (nSPS) is 10.3. The predicted octanol–water partition coefficient (Wildman–Crippen LogP) is 2.31. The van der Waals surface area contributed by atoms with Gasteiger partial charge < -0.3 is 15.9 Å². The molecule has 4 nitrogen and oxygen atoms in total. The van der Waals surface area contributed by atoms with E-state index in [4.69, 9.17) is 15.9 Å². The Morgan fingerprint density at radius 2 is 1.94 bits per heavy atom. The zero-order valence-electron chi connectivity index (χ0n) is 8.86. The van der Waals surface area contributed by atoms with Crippen LogP contribution in [0.3, 0.4) is 0 Å². The van der Waals surface area contributed by atoms with E-state index >= 15 is 0 Å². The Hall–Kier alpha value is -2.23. The van der Waals surface area contributed by atoms with E-state index in [1.54, 1.807) is 24.3 Å². The second kappa shape index (κ2) is 3.73. The number of hydrogen-bond acceptors (Lipinski definition) is 4. The fourth-order valence-electron chi connectivity index (χ4n) is 1.60. The molecule has 0 saturated heterocycles. The third kappa shape index (κ3) is 1.65. The van der Waals surface area contributed by atoms with Gasteiger partial charge in [-0.05, 0) is 24.3 Å². The Morgan fingerprint density at radius 1 is 1.19 bits per heavy atom. The van der Waals surface area contributed by atoms with Gasteiger partial charge in [0, 0.05) is 29.4 Å². The molecule has 0 radical (unpaired) electrons. The van der Waals surface area contributed by atoms with Crippen LogP contribution in [-0.2, 0) is 0 Å². The number of furan rings is 1. The molecule has 0 saturated carbocycles. The van der Waals surface area contributed by atoms with Gasteiger partial charge >= 0.3 is 0 Å². The van der Waals surface area contributed by atoms with Gasteiger partial charge in [0.25, 0.3) is 0 Å². The largest absolute Gasteiger partial charge is 0.461 e. The molecule has 0 bridgehead atoms. The molecule has 1 aromatic carbocycles. The summed E-state index contributed by atoms with van der Waals surface area (Å²) in [7, 11) is 0. The third-order valence-corrected chi connectivity index (χ3v) is 2.35. The van der Waals surface area contributed by atoms with Crippen LogP contribution >= 0.6 is 0 Å². The van der Waals surface area contributed by atoms with Gasteiger partial charge in [0.15, 0.2) is 11.5 Å². The fraction of sp³-hybridized carbons (Fsp3) is 0.0833. The smallest absolute Gasteiger partial charge is 0.195 e. The molecule has 82 valence electrons. The Bertz CT molecular complexity index is 544. The first kappa shape index (κ1) is 10.3. The molecule has 0 unspecified atom stereocenters. The van der Waals surface area contributed by atoms with Crippen LogP contribution < -0.4 is 11.5 Å². The van der Waals surface area contributed by atoms with E-state index in [-0.39, 0.29) is 5.78 Å². The lowest BCUT2D eigenvalue weighted by Gasteiger charge is -2.05. The maximum atomic E-state index is 11.3. The number of ketones is 1. The van der Waals surface area contributed by atoms with E-state index in [2.05, 4.69) is 0 Å². The summed E-state index contributed by atoms with van der Waals surface area (Å²) in [5.74, 6) is 0.166. The van der Waals surface area contributed by atoms with Crippen molar-refractivity contribution in [3.63, 3.8) is 0 Å². The van der Waals surface area contributed by atoms with Crippen LogP contribution in [0.2, 0.25) is 0 Å². The lowest BCUT2D eigenvalue weighted by molar-refractivity contribution is 0.0988. The first-order chi connectivity index (χ1) is 7.59. The van der Waals surface area contributed by atoms with E-state index in [1.165, 1.54) is 13.2 Å². The topological polar surface area (TPSA) is 82.2 Å². The average molecular weight is 216 g/mol. The van der Waals surface area contributed by atoms with Gasteiger partial charge in [0.1, 0.15) is 0 Å². The van der Waals surface area contributed by atoms with Crippen LogP contribution in [0.1, 0.15) is 17.5 Å². The second-order valence-electron chi connectivity index (χ2n) is 3.57. The second-order valence-corrected chi connectivity index (χ2v) is 3.57. The molecular weight excluding hydrogens is 204 g/mol. The molecule has 1 heterocycles. The summed E-state index contributed by atoms with van der Waals surface area (Å²) >= 11 is 0. The van der Waals surface area contributed by atoms with Crippen molar-refractivity contribution in [2.24, 2.45) is 0 Å². The quantitative estimate of drug-likeness (QED) is 0.596. The maximum absolute atomic E-state index is 11.3. The summed E-state index contributed by atoms with van der Waals surface area (Å²) in [6.45, 7) is 1.45. The van der Waals surface area contributed by atoms with Gasteiger partial charge in [-0.15, -0.1) is 0 Å². The number of carbonyl (C=O) groups excluding carboxylic acids is 1. The Morgan fingerprint density at radius 3 is 2.62 bits per heavy atom. The van der Waals surface area contributed by atoms with Crippen LogP contribution in [0.25, 0.3) is 11.1 Å². The molecule has 16 heavy (non-hydrogen) atoms. The van der Waals surface area contributed by atoms with Gasteiger partial charge in [-0.1, -0.05) is 0 Å². The van der Waals surface area contributed by atoms with E-state index in [1.807, 2.05) is 0 Å². The lowest BCUT2D eigenvalue weighted by atomic mass is 10.0. The SMILES string of the molecule is CC(=O)c1occc1-c1cc(N)ccc1N. The Kier molecular flexibility index (Phi) is 2.40. The summed E-state index contributed by atoms with van der Waals surface area (Å²) in [6.07, 6.45) is 1.47. The lowest BCUT2D eigenvalue weighted by Crippen LogP contribution is -1.96. The fourth-order valence-corrected chi connectivity index (χ4v) is 1.60. The first-order valence-corrected chi connectivity index (χ1v) is 4.83. The minimum absolute atomic E-state index is 0.137. The molecule has 4 heteroatoms. The van der Waals surface area contributed by atoms with Crippen LogP contribution in [0.4, 0.5) is 11.4 Å². The number of nitrogen functional groups attached to an aromatic ring is 2. The molecule has 4 N–H and O–H groups in total. The molecule has 0 spiro atoms. The molecule has 2 rings (SSSR count). The monoisotopic (exact) mass is 216 g/mol. The predicted molar refractivity (Wildman–Crippen MR) is 63.0 cm³/mol. The highest BCUT2D eigenvalue weighted by Gasteiger charge is 2.14. The van der Waals surface area contributed by atoms with E-state index in [0.29, 0.717) is 22.7 Å². The summed E-state index contributed by atoms with van der Waals surface area (Å²) in [6, 6.07) is 6.86. The summed E-state index contributed by atoms with van der Waals surface area (Å²) in [4.78, 5) is 11.3. The highest BCUT2D eigenvalue weighted by Crippen LogP contribution is 2.31. The number of Topliss-reactive ketones (excluding diaryl/α,β-unsaturated/α-hetero) is 1. The Labute approximate surface area is 92.9 Å². The molecule has 2 aromatic rings. The van der Waals surface area contributed by atoms with Gasteiger partial charge in [0.2, 0.25) is 0 Å². The molecule has 0 aliphatic heterocycles. The molecule has 0 fully saturated rings. The van der Waals surface area contributed by atoms with Crippen molar-refractivity contribution >= 4 is 17.2 Å². The van der Waals surface area contributed by atoms with Crippen molar-refractivity contribution in [3.05, 3.63) is 36.3 Å². The molecule has 0 amide bonds. The number of anilines is 2. The molecular formula is C12H12N2O2. The van der Waals surface area contributed by atoms with Crippen molar-refractivity contribution in [1.29, 1.82) is 0 Å². The number of rotatable bonds is 2. The van der Waals surface area contributed by atoms with Crippen molar-refractivity contribution in [1.82, 2.24) is 0 Å². The highest BCUT2D eigenvalue weighted by molar-refractivity contribution is 5.99. The molecule has 0 aliphatic carbocycles. The number of carbonyl (C=O) groups is 1. The summed E-state index contributed by atoms with van der Waals surface area (Å²) < 4.78 is 5.13. The number of nitrogens with two attached hydrogens (primary N) is 2. The van der Waals surface area contributed by atoms with E-state index in [9.17, 15) is 4.79 Å². The zero-order chi connectivity index (χ0) is 11.7. The summed E-state index contributed by atoms with van der Waals surface area (Å²) in [5.41, 5.74) is 14.1. The molecule has 0 aliphatic rings. The van der Waals surface area contributed by atoms with Crippen LogP contribution in [-0.4, -0.2) is 5.78 Å². The summed E-state index contributed by atoms with van der Waals surface area (Å²) in [5, 5.41) is 0. The van der Waals surface area contributed by atoms with Crippen molar-refractivity contribution < 1.29 is 9.21 Å². The number of hydrogen-bond donors (Lipinski definition) is 2. The molecule has 1 aromatic heterocycles. The standard InChI is InChI=1S/C12H12N2O2/c1-7(15)12-9(4-5-16-12)10-6-8(13)2-3-11(10)14/h2-6H,13-14H2,1H3. The molecule has 0 atom stereocenters. The zero-order valence-corrected chi connectivity index (χ0v) is 8.86. The van der Waals surface area contributed by atoms with Gasteiger partial charge in [-0.2, -0.15) is 0 Å². The van der Waals surface area contributed by atoms with E-state index in [0.717, 1.165) is 5.56 Å². The third-order valence-electron chi connectivity index (χ3n) is 2.35. The van der Waals surface area contributed by atoms with Crippen LogP contribution in [0, 0.1) is 0 Å². The van der Waals surface area contributed by atoms with Crippen LogP contribution in [0.5, 0.6) is 0 Å². The van der Waals surface area contributed by atoms with Crippen molar-refractivity contribution in [2.75, 3.05) is 11.5 Å². The Balaban J connectivity index is 2.62. The van der Waals surface area contributed by atoms with Gasteiger partial charge in [0.05, 0.1) is 6.26 Å². The minimum Gasteiger partial charge on any atom is -0.461 e. The minimum atomic E-state index is -0.137. The highest BCUT2D eigenvalue weighted by atomic mass is 16.3. The van der Waals surface area contributed by atoms with Crippen LogP contribution in [0.15, 0.2) is 34.9 Å². The van der Waals surface area contributed by atoms with Crippen molar-refractivity contribution in [3.8, 4) is 11.1 Å². The first-order valence-electron chi connectivity index (χ1n) is 4.83. The van der Waals surface area contributed by atoms with Gasteiger partial charge in [-0.25, -0.2) is 0 Å². The average Bonchev–Trinajstić information content (AvgIpc) is 2.70. The maximum Gasteiger partial charge on any atom is 0.195 e.